The Morgan fingerprint density at radius 3 is 2.39 bits per heavy atom. The highest BCUT2D eigenvalue weighted by Crippen LogP contribution is 2.27. The maximum Gasteiger partial charge on any atom is 0.244 e. The van der Waals surface area contributed by atoms with Crippen molar-refractivity contribution in [2.45, 2.75) is 13.1 Å². The highest BCUT2D eigenvalue weighted by atomic mass is 16.5. The molecule has 3 aromatic rings. The first-order valence-electron chi connectivity index (χ1n) is 8.73. The molecule has 0 aliphatic rings. The Kier molecular flexibility index (Phi) is 6.46. The van der Waals surface area contributed by atoms with Crippen LogP contribution in [-0.4, -0.2) is 36.5 Å². The van der Waals surface area contributed by atoms with Crippen molar-refractivity contribution in [3.63, 3.8) is 0 Å². The molecule has 146 valence electrons. The molecule has 0 atom stereocenters. The number of aromatic nitrogens is 3. The van der Waals surface area contributed by atoms with E-state index in [2.05, 4.69) is 25.8 Å². The van der Waals surface area contributed by atoms with Crippen molar-refractivity contribution in [2.24, 2.45) is 0 Å². The van der Waals surface area contributed by atoms with E-state index in [1.807, 2.05) is 42.5 Å². The van der Waals surface area contributed by atoms with Gasteiger partial charge in [0.2, 0.25) is 5.95 Å². The van der Waals surface area contributed by atoms with Crippen molar-refractivity contribution in [3.05, 3.63) is 59.8 Å². The van der Waals surface area contributed by atoms with Crippen LogP contribution in [0.5, 0.6) is 17.2 Å². The molecule has 0 aliphatic carbocycles. The molecule has 0 radical (unpaired) electrons. The standard InChI is InChI=1S/C20H23N5O3/c1-26-16-7-5-4-6-15(16)12-21-19-13-23-25-20(24-19)22-11-14-8-9-17(27-2)18(10-14)28-3/h4-10,13H,11-12H2,1-3H3,(H2,21,22,24,25). The number of para-hydroxylation sites is 1. The second-order valence-corrected chi connectivity index (χ2v) is 5.87. The lowest BCUT2D eigenvalue weighted by Gasteiger charge is -2.11. The van der Waals surface area contributed by atoms with Gasteiger partial charge in [-0.15, -0.1) is 5.10 Å². The average molecular weight is 381 g/mol. The van der Waals surface area contributed by atoms with Crippen LogP contribution in [0.4, 0.5) is 11.8 Å². The van der Waals surface area contributed by atoms with E-state index in [0.29, 0.717) is 36.4 Å². The van der Waals surface area contributed by atoms with Crippen LogP contribution in [0, 0.1) is 0 Å². The maximum absolute atomic E-state index is 5.36. The Hall–Kier alpha value is -3.55. The summed E-state index contributed by atoms with van der Waals surface area (Å²) in [4.78, 5) is 4.44. The van der Waals surface area contributed by atoms with Crippen LogP contribution < -0.4 is 24.8 Å². The Balaban J connectivity index is 1.62. The molecule has 0 saturated carbocycles. The van der Waals surface area contributed by atoms with Gasteiger partial charge >= 0.3 is 0 Å². The highest BCUT2D eigenvalue weighted by Gasteiger charge is 2.07. The van der Waals surface area contributed by atoms with E-state index in [0.717, 1.165) is 16.9 Å². The minimum Gasteiger partial charge on any atom is -0.496 e. The van der Waals surface area contributed by atoms with Crippen LogP contribution in [0.3, 0.4) is 0 Å². The zero-order valence-electron chi connectivity index (χ0n) is 16.1. The average Bonchev–Trinajstić information content (AvgIpc) is 2.76. The Morgan fingerprint density at radius 2 is 1.61 bits per heavy atom. The molecule has 2 aromatic carbocycles. The fourth-order valence-corrected chi connectivity index (χ4v) is 2.67. The van der Waals surface area contributed by atoms with Crippen LogP contribution in [0.15, 0.2) is 48.7 Å². The lowest BCUT2D eigenvalue weighted by Crippen LogP contribution is -2.08. The number of methoxy groups -OCH3 is 3. The van der Waals surface area contributed by atoms with Gasteiger partial charge in [-0.1, -0.05) is 24.3 Å². The SMILES string of the molecule is COc1ccccc1CNc1cnnc(NCc2ccc(OC)c(OC)c2)n1. The van der Waals surface area contributed by atoms with Crippen LogP contribution >= 0.6 is 0 Å². The molecule has 0 unspecified atom stereocenters. The molecule has 0 bridgehead atoms. The molecule has 0 saturated heterocycles. The second-order valence-electron chi connectivity index (χ2n) is 5.87. The summed E-state index contributed by atoms with van der Waals surface area (Å²) in [6.07, 6.45) is 1.58. The molecular formula is C20H23N5O3. The third-order valence-electron chi connectivity index (χ3n) is 4.11. The van der Waals surface area contributed by atoms with Gasteiger partial charge in [0.15, 0.2) is 17.3 Å². The third kappa shape index (κ3) is 4.79. The predicted molar refractivity (Wildman–Crippen MR) is 107 cm³/mol. The number of hydrogen-bond donors (Lipinski definition) is 2. The lowest BCUT2D eigenvalue weighted by atomic mass is 10.2. The van der Waals surface area contributed by atoms with Crippen LogP contribution in [0.1, 0.15) is 11.1 Å². The van der Waals surface area contributed by atoms with Crippen molar-refractivity contribution < 1.29 is 14.2 Å². The van der Waals surface area contributed by atoms with Gasteiger partial charge in [-0.3, -0.25) is 0 Å². The van der Waals surface area contributed by atoms with E-state index < -0.39 is 0 Å². The Labute approximate surface area is 163 Å². The summed E-state index contributed by atoms with van der Waals surface area (Å²) in [5.41, 5.74) is 2.04. The number of hydrogen-bond acceptors (Lipinski definition) is 8. The number of nitrogens with one attached hydrogen (secondary N) is 2. The van der Waals surface area contributed by atoms with Crippen LogP contribution in [0.2, 0.25) is 0 Å². The van der Waals surface area contributed by atoms with Crippen molar-refractivity contribution in [2.75, 3.05) is 32.0 Å². The van der Waals surface area contributed by atoms with Gasteiger partial charge in [-0.05, 0) is 23.8 Å². The topological polar surface area (TPSA) is 90.4 Å². The zero-order chi connectivity index (χ0) is 19.8. The van der Waals surface area contributed by atoms with Gasteiger partial charge in [0.25, 0.3) is 0 Å². The fraction of sp³-hybridized carbons (Fsp3) is 0.250. The first kappa shape index (κ1) is 19.2. The predicted octanol–water partition coefficient (Wildman–Crippen LogP) is 3.12. The number of benzene rings is 2. The number of ether oxygens (including phenoxy) is 3. The summed E-state index contributed by atoms with van der Waals surface area (Å²) in [6, 6.07) is 13.5. The molecule has 1 heterocycles. The van der Waals surface area contributed by atoms with E-state index in [4.69, 9.17) is 14.2 Å². The molecule has 2 N–H and O–H groups in total. The van der Waals surface area contributed by atoms with Crippen molar-refractivity contribution in [1.29, 1.82) is 0 Å². The summed E-state index contributed by atoms with van der Waals surface area (Å²) in [5, 5.41) is 14.4. The summed E-state index contributed by atoms with van der Waals surface area (Å²) in [5.74, 6) is 3.24. The van der Waals surface area contributed by atoms with Crippen molar-refractivity contribution in [1.82, 2.24) is 15.2 Å². The van der Waals surface area contributed by atoms with Crippen LogP contribution in [-0.2, 0) is 13.1 Å². The third-order valence-corrected chi connectivity index (χ3v) is 4.11. The number of anilines is 2. The smallest absolute Gasteiger partial charge is 0.244 e. The second kappa shape index (κ2) is 9.40. The van der Waals surface area contributed by atoms with Gasteiger partial charge < -0.3 is 24.8 Å². The first-order chi connectivity index (χ1) is 13.7. The monoisotopic (exact) mass is 381 g/mol. The van der Waals surface area contributed by atoms with Crippen molar-refractivity contribution in [3.8, 4) is 17.2 Å². The van der Waals surface area contributed by atoms with Crippen LogP contribution in [0.25, 0.3) is 0 Å². The molecule has 1 aromatic heterocycles. The van der Waals surface area contributed by atoms with E-state index in [9.17, 15) is 0 Å². The summed E-state index contributed by atoms with van der Waals surface area (Å²) >= 11 is 0. The highest BCUT2D eigenvalue weighted by molar-refractivity contribution is 5.44. The molecule has 8 heteroatoms. The minimum atomic E-state index is 0.430. The van der Waals surface area contributed by atoms with Gasteiger partial charge in [0.05, 0.1) is 27.5 Å². The molecule has 28 heavy (non-hydrogen) atoms. The first-order valence-corrected chi connectivity index (χ1v) is 8.73. The van der Waals surface area contributed by atoms with E-state index >= 15 is 0 Å². The summed E-state index contributed by atoms with van der Waals surface area (Å²) in [6.45, 7) is 1.09. The van der Waals surface area contributed by atoms with Gasteiger partial charge in [0, 0.05) is 18.7 Å². The Morgan fingerprint density at radius 1 is 0.821 bits per heavy atom. The van der Waals surface area contributed by atoms with Crippen molar-refractivity contribution >= 4 is 11.8 Å². The van der Waals surface area contributed by atoms with Gasteiger partial charge in [-0.2, -0.15) is 10.1 Å². The minimum absolute atomic E-state index is 0.430. The number of nitrogens with zero attached hydrogens (tertiary/aromatic N) is 3. The fourth-order valence-electron chi connectivity index (χ4n) is 2.67. The molecular weight excluding hydrogens is 358 g/mol. The molecule has 0 aliphatic heterocycles. The summed E-state index contributed by atoms with van der Waals surface area (Å²) in [7, 11) is 4.87. The number of rotatable bonds is 9. The van der Waals surface area contributed by atoms with E-state index in [1.54, 1.807) is 27.5 Å². The normalized spacial score (nSPS) is 10.2. The lowest BCUT2D eigenvalue weighted by molar-refractivity contribution is 0.354. The zero-order valence-corrected chi connectivity index (χ0v) is 16.1. The maximum atomic E-state index is 5.36. The molecule has 3 rings (SSSR count). The van der Waals surface area contributed by atoms with E-state index in [-0.39, 0.29) is 0 Å². The van der Waals surface area contributed by atoms with E-state index in [1.165, 1.54) is 0 Å². The summed E-state index contributed by atoms with van der Waals surface area (Å²) < 4.78 is 15.9. The quantitative estimate of drug-likeness (QED) is 0.584. The molecule has 0 amide bonds. The molecule has 0 fully saturated rings. The van der Waals surface area contributed by atoms with Gasteiger partial charge in [-0.25, -0.2) is 0 Å². The largest absolute Gasteiger partial charge is 0.496 e. The Bertz CT molecular complexity index is 920. The van der Waals surface area contributed by atoms with Gasteiger partial charge in [0.1, 0.15) is 5.75 Å². The molecule has 8 nitrogen and oxygen atoms in total. The molecule has 0 spiro atoms.